The van der Waals surface area contributed by atoms with Crippen LogP contribution in [0.4, 0.5) is 25.8 Å². The van der Waals surface area contributed by atoms with Gasteiger partial charge in [-0.15, -0.1) is 0 Å². The van der Waals surface area contributed by atoms with Gasteiger partial charge in [-0.05, 0) is 35.9 Å². The lowest BCUT2D eigenvalue weighted by molar-refractivity contribution is -0.384. The van der Waals surface area contributed by atoms with Crippen molar-refractivity contribution in [1.29, 1.82) is 0 Å². The standard InChI is InChI=1S/C24H18F2N4O4S/c25-16-11-9-15(10-12-16)14-29-23(32)21(13-22(31)27-18-6-2-1-5-17(18)26)35-24(29)28-19-7-3-4-8-20(19)30(33)34/h1-12,21H,13-14H2,(H,27,31). The van der Waals surface area contributed by atoms with Crippen molar-refractivity contribution in [2.75, 3.05) is 5.32 Å². The number of benzene rings is 3. The molecule has 1 saturated heterocycles. The quantitative estimate of drug-likeness (QED) is 0.365. The first-order chi connectivity index (χ1) is 16.8. The summed E-state index contributed by atoms with van der Waals surface area (Å²) in [6.07, 6.45) is -0.270. The van der Waals surface area contributed by atoms with Gasteiger partial charge >= 0.3 is 0 Å². The van der Waals surface area contributed by atoms with Crippen molar-refractivity contribution in [3.05, 3.63) is 100 Å². The van der Waals surface area contributed by atoms with E-state index in [0.717, 1.165) is 11.8 Å². The molecule has 3 aromatic carbocycles. The van der Waals surface area contributed by atoms with Crippen LogP contribution in [0.25, 0.3) is 0 Å². The summed E-state index contributed by atoms with van der Waals surface area (Å²) >= 11 is 0.983. The molecule has 1 heterocycles. The number of rotatable bonds is 7. The third-order valence-corrected chi connectivity index (χ3v) is 6.26. The maximum absolute atomic E-state index is 13.9. The molecule has 1 atom stereocenters. The molecule has 0 spiro atoms. The Balaban J connectivity index is 1.61. The molecule has 35 heavy (non-hydrogen) atoms. The number of thioether (sulfide) groups is 1. The van der Waals surface area contributed by atoms with Gasteiger partial charge in [0.15, 0.2) is 5.17 Å². The summed E-state index contributed by atoms with van der Waals surface area (Å²) in [7, 11) is 0. The number of nitrogens with zero attached hydrogens (tertiary/aromatic N) is 3. The van der Waals surface area contributed by atoms with Crippen LogP contribution in [0.2, 0.25) is 0 Å². The minimum Gasteiger partial charge on any atom is -0.324 e. The van der Waals surface area contributed by atoms with Crippen molar-refractivity contribution in [2.24, 2.45) is 4.99 Å². The van der Waals surface area contributed by atoms with Gasteiger partial charge in [0, 0.05) is 12.5 Å². The van der Waals surface area contributed by atoms with E-state index in [1.165, 1.54) is 65.6 Å². The maximum atomic E-state index is 13.9. The second kappa shape index (κ2) is 10.4. The fraction of sp³-hybridized carbons (Fsp3) is 0.125. The van der Waals surface area contributed by atoms with Crippen LogP contribution in [0.15, 0.2) is 77.8 Å². The lowest BCUT2D eigenvalue weighted by atomic mass is 10.2. The van der Waals surface area contributed by atoms with Gasteiger partial charge in [0.2, 0.25) is 11.8 Å². The fourth-order valence-electron chi connectivity index (χ4n) is 3.39. The number of nitrogens with one attached hydrogen (secondary N) is 1. The molecular formula is C24H18F2N4O4S. The number of para-hydroxylation sites is 3. The second-order valence-corrected chi connectivity index (χ2v) is 8.70. The van der Waals surface area contributed by atoms with Gasteiger partial charge in [0.25, 0.3) is 5.69 Å². The van der Waals surface area contributed by atoms with Crippen LogP contribution >= 0.6 is 11.8 Å². The first-order valence-electron chi connectivity index (χ1n) is 10.4. The zero-order valence-corrected chi connectivity index (χ0v) is 18.9. The Morgan fingerprint density at radius 1 is 1.06 bits per heavy atom. The van der Waals surface area contributed by atoms with E-state index in [1.807, 2.05) is 0 Å². The van der Waals surface area contributed by atoms with Gasteiger partial charge in [0.05, 0.1) is 17.2 Å². The van der Waals surface area contributed by atoms with Crippen molar-refractivity contribution in [2.45, 2.75) is 18.2 Å². The molecule has 1 aliphatic rings. The molecule has 1 unspecified atom stereocenters. The third-order valence-electron chi connectivity index (χ3n) is 5.09. The molecular weight excluding hydrogens is 478 g/mol. The van der Waals surface area contributed by atoms with Gasteiger partial charge in [-0.3, -0.25) is 24.6 Å². The van der Waals surface area contributed by atoms with E-state index in [1.54, 1.807) is 12.1 Å². The number of anilines is 1. The number of amides is 2. The Bertz CT molecular complexity index is 1320. The lowest BCUT2D eigenvalue weighted by Gasteiger charge is -2.16. The number of hydrogen-bond acceptors (Lipinski definition) is 6. The number of nitro benzene ring substituents is 1. The summed E-state index contributed by atoms with van der Waals surface area (Å²) in [5.74, 6) is -2.06. The summed E-state index contributed by atoms with van der Waals surface area (Å²) in [5.41, 5.74) is 0.404. The summed E-state index contributed by atoms with van der Waals surface area (Å²) in [6, 6.07) is 17.0. The van der Waals surface area contributed by atoms with Crippen molar-refractivity contribution < 1.29 is 23.3 Å². The predicted molar refractivity (Wildman–Crippen MR) is 128 cm³/mol. The van der Waals surface area contributed by atoms with E-state index in [4.69, 9.17) is 0 Å². The normalized spacial score (nSPS) is 16.5. The van der Waals surface area contributed by atoms with Crippen LogP contribution in [0.1, 0.15) is 12.0 Å². The van der Waals surface area contributed by atoms with Crippen molar-refractivity contribution >= 4 is 45.8 Å². The van der Waals surface area contributed by atoms with Crippen molar-refractivity contribution in [3.8, 4) is 0 Å². The average Bonchev–Trinajstić information content (AvgIpc) is 3.11. The number of hydrogen-bond donors (Lipinski definition) is 1. The van der Waals surface area contributed by atoms with Crippen LogP contribution in [-0.2, 0) is 16.1 Å². The number of aliphatic imine (C=N–C) groups is 1. The third kappa shape index (κ3) is 5.69. The second-order valence-electron chi connectivity index (χ2n) is 7.53. The van der Waals surface area contributed by atoms with Crippen LogP contribution in [0, 0.1) is 21.7 Å². The SMILES string of the molecule is O=C(CC1SC(=Nc2ccccc2[N+](=O)[O-])N(Cc2ccc(F)cc2)C1=O)Nc1ccccc1F. The molecule has 1 fully saturated rings. The van der Waals surface area contributed by atoms with E-state index in [0.29, 0.717) is 5.56 Å². The average molecular weight is 496 g/mol. The summed E-state index contributed by atoms with van der Waals surface area (Å²) in [5, 5.41) is 13.1. The molecule has 1 aliphatic heterocycles. The van der Waals surface area contributed by atoms with Gasteiger partial charge in [-0.25, -0.2) is 13.8 Å². The summed E-state index contributed by atoms with van der Waals surface area (Å²) in [4.78, 5) is 42.2. The monoisotopic (exact) mass is 496 g/mol. The molecule has 0 aliphatic carbocycles. The highest BCUT2D eigenvalue weighted by atomic mass is 32.2. The zero-order valence-electron chi connectivity index (χ0n) is 18.1. The number of amidine groups is 1. The molecule has 0 aromatic heterocycles. The molecule has 0 saturated carbocycles. The Hall–Kier alpha value is -4.12. The van der Waals surface area contributed by atoms with E-state index < -0.39 is 33.6 Å². The highest BCUT2D eigenvalue weighted by molar-refractivity contribution is 8.15. The molecule has 3 aromatic rings. The van der Waals surface area contributed by atoms with Crippen LogP contribution in [-0.4, -0.2) is 32.1 Å². The Labute approximate surface area is 202 Å². The fourth-order valence-corrected chi connectivity index (χ4v) is 4.54. The number of nitro groups is 1. The number of carbonyl (C=O) groups excluding carboxylic acids is 2. The smallest absolute Gasteiger partial charge is 0.294 e. The van der Waals surface area contributed by atoms with Gasteiger partial charge in [-0.2, -0.15) is 0 Å². The lowest BCUT2D eigenvalue weighted by Crippen LogP contribution is -2.33. The van der Waals surface area contributed by atoms with E-state index in [-0.39, 0.29) is 35.2 Å². The van der Waals surface area contributed by atoms with Crippen LogP contribution in [0.3, 0.4) is 0 Å². The van der Waals surface area contributed by atoms with Gasteiger partial charge in [0.1, 0.15) is 22.6 Å². The minimum atomic E-state index is -0.885. The predicted octanol–water partition coefficient (Wildman–Crippen LogP) is 5.03. The number of halogens is 2. The molecule has 8 nitrogen and oxygen atoms in total. The van der Waals surface area contributed by atoms with E-state index >= 15 is 0 Å². The van der Waals surface area contributed by atoms with E-state index in [2.05, 4.69) is 10.3 Å². The first-order valence-corrected chi connectivity index (χ1v) is 11.3. The highest BCUT2D eigenvalue weighted by Gasteiger charge is 2.39. The minimum absolute atomic E-state index is 0.00934. The molecule has 0 radical (unpaired) electrons. The molecule has 4 rings (SSSR count). The van der Waals surface area contributed by atoms with Gasteiger partial charge < -0.3 is 5.32 Å². The summed E-state index contributed by atoms with van der Waals surface area (Å²) in [6.45, 7) is 0.0248. The van der Waals surface area contributed by atoms with Crippen molar-refractivity contribution in [1.82, 2.24) is 4.90 Å². The zero-order chi connectivity index (χ0) is 24.9. The first kappa shape index (κ1) is 24.0. The van der Waals surface area contributed by atoms with E-state index in [9.17, 15) is 28.5 Å². The Kier molecular flexibility index (Phi) is 7.16. The molecule has 1 N–H and O–H groups in total. The molecule has 0 bridgehead atoms. The molecule has 2 amide bonds. The van der Waals surface area contributed by atoms with Crippen LogP contribution < -0.4 is 5.32 Å². The Morgan fingerprint density at radius 3 is 2.46 bits per heavy atom. The van der Waals surface area contributed by atoms with Gasteiger partial charge in [-0.1, -0.05) is 48.2 Å². The largest absolute Gasteiger partial charge is 0.324 e. The molecule has 178 valence electrons. The Morgan fingerprint density at radius 2 is 1.74 bits per heavy atom. The topological polar surface area (TPSA) is 105 Å². The molecule has 11 heteroatoms. The van der Waals surface area contributed by atoms with Crippen molar-refractivity contribution in [3.63, 3.8) is 0 Å². The number of carbonyl (C=O) groups is 2. The maximum Gasteiger partial charge on any atom is 0.294 e. The summed E-state index contributed by atoms with van der Waals surface area (Å²) < 4.78 is 27.2. The van der Waals surface area contributed by atoms with Crippen LogP contribution in [0.5, 0.6) is 0 Å². The highest BCUT2D eigenvalue weighted by Crippen LogP contribution is 2.35.